The van der Waals surface area contributed by atoms with E-state index in [2.05, 4.69) is 0 Å². The SMILES string of the molecule is CC(=O)N1CCC(C(=O)OCC(=O)N(CCC#N)c2cccc(Cl)c2)(c2ccccc2)CC1. The minimum atomic E-state index is -0.930. The second-order valence-corrected chi connectivity index (χ2v) is 8.40. The lowest BCUT2D eigenvalue weighted by atomic mass is 9.72. The van der Waals surface area contributed by atoms with Crippen LogP contribution < -0.4 is 4.90 Å². The van der Waals surface area contributed by atoms with Crippen LogP contribution in [-0.2, 0) is 24.5 Å². The van der Waals surface area contributed by atoms with Crippen LogP contribution >= 0.6 is 11.6 Å². The van der Waals surface area contributed by atoms with Crippen LogP contribution in [0.5, 0.6) is 0 Å². The molecular weight excluding hydrogens is 442 g/mol. The molecule has 1 aliphatic rings. The van der Waals surface area contributed by atoms with Crippen molar-refractivity contribution in [3.63, 3.8) is 0 Å². The molecule has 0 atom stereocenters. The number of hydrogen-bond acceptors (Lipinski definition) is 5. The largest absolute Gasteiger partial charge is 0.455 e. The molecule has 33 heavy (non-hydrogen) atoms. The minimum absolute atomic E-state index is 0.0325. The van der Waals surface area contributed by atoms with Crippen LogP contribution in [0.1, 0.15) is 31.7 Å². The Morgan fingerprint density at radius 3 is 2.42 bits per heavy atom. The van der Waals surface area contributed by atoms with Gasteiger partial charge in [0.25, 0.3) is 5.91 Å². The van der Waals surface area contributed by atoms with E-state index in [0.717, 1.165) is 5.56 Å². The average Bonchev–Trinajstić information content (AvgIpc) is 2.83. The van der Waals surface area contributed by atoms with Gasteiger partial charge >= 0.3 is 5.97 Å². The molecule has 0 spiro atoms. The van der Waals surface area contributed by atoms with Gasteiger partial charge in [0.15, 0.2) is 6.61 Å². The number of hydrogen-bond donors (Lipinski definition) is 0. The first-order chi connectivity index (χ1) is 15.9. The predicted octanol–water partition coefficient (Wildman–Crippen LogP) is 3.71. The average molecular weight is 468 g/mol. The van der Waals surface area contributed by atoms with E-state index in [4.69, 9.17) is 21.6 Å². The number of nitrogens with zero attached hydrogens (tertiary/aromatic N) is 3. The summed E-state index contributed by atoms with van der Waals surface area (Å²) in [5.41, 5.74) is 0.411. The Bertz CT molecular complexity index is 1040. The number of ether oxygens (including phenoxy) is 1. The summed E-state index contributed by atoms with van der Waals surface area (Å²) in [6.07, 6.45) is 0.952. The highest BCUT2D eigenvalue weighted by Crippen LogP contribution is 2.37. The summed E-state index contributed by atoms with van der Waals surface area (Å²) in [5, 5.41) is 9.44. The fraction of sp³-hybridized carbons (Fsp3) is 0.360. The molecule has 0 aliphatic carbocycles. The number of amides is 2. The Morgan fingerprint density at radius 2 is 1.82 bits per heavy atom. The van der Waals surface area contributed by atoms with Gasteiger partial charge in [0, 0.05) is 37.3 Å². The summed E-state index contributed by atoms with van der Waals surface area (Å²) in [4.78, 5) is 41.2. The first kappa shape index (κ1) is 24.3. The van der Waals surface area contributed by atoms with Crippen molar-refractivity contribution in [2.24, 2.45) is 0 Å². The predicted molar refractivity (Wildman–Crippen MR) is 125 cm³/mol. The van der Waals surface area contributed by atoms with Crippen molar-refractivity contribution in [2.75, 3.05) is 31.1 Å². The minimum Gasteiger partial charge on any atom is -0.455 e. The van der Waals surface area contributed by atoms with Gasteiger partial charge in [0.1, 0.15) is 0 Å². The van der Waals surface area contributed by atoms with Gasteiger partial charge < -0.3 is 14.5 Å². The zero-order valence-electron chi connectivity index (χ0n) is 18.5. The number of carbonyl (C=O) groups excluding carboxylic acids is 3. The number of carbonyl (C=O) groups is 3. The Balaban J connectivity index is 1.77. The van der Waals surface area contributed by atoms with Crippen LogP contribution in [0.3, 0.4) is 0 Å². The van der Waals surface area contributed by atoms with E-state index >= 15 is 0 Å². The molecule has 8 heteroatoms. The fourth-order valence-electron chi connectivity index (χ4n) is 4.12. The highest BCUT2D eigenvalue weighted by Gasteiger charge is 2.45. The Morgan fingerprint density at radius 1 is 1.12 bits per heavy atom. The molecule has 1 aliphatic heterocycles. The van der Waals surface area contributed by atoms with Gasteiger partial charge in [-0.25, -0.2) is 0 Å². The second kappa shape index (κ2) is 11.0. The summed E-state index contributed by atoms with van der Waals surface area (Å²) in [7, 11) is 0. The van der Waals surface area contributed by atoms with Crippen molar-refractivity contribution in [1.82, 2.24) is 4.90 Å². The van der Waals surface area contributed by atoms with E-state index in [0.29, 0.717) is 36.6 Å². The maximum atomic E-state index is 13.4. The maximum absolute atomic E-state index is 13.4. The van der Waals surface area contributed by atoms with Crippen LogP contribution in [0.25, 0.3) is 0 Å². The van der Waals surface area contributed by atoms with Gasteiger partial charge in [0.05, 0.1) is 17.9 Å². The van der Waals surface area contributed by atoms with Crippen LogP contribution in [0.4, 0.5) is 5.69 Å². The van der Waals surface area contributed by atoms with Crippen molar-refractivity contribution in [1.29, 1.82) is 5.26 Å². The number of benzene rings is 2. The van der Waals surface area contributed by atoms with Gasteiger partial charge in [0.2, 0.25) is 5.91 Å². The highest BCUT2D eigenvalue weighted by atomic mass is 35.5. The first-order valence-corrected chi connectivity index (χ1v) is 11.2. The zero-order valence-corrected chi connectivity index (χ0v) is 19.3. The lowest BCUT2D eigenvalue weighted by molar-refractivity contribution is -0.156. The van der Waals surface area contributed by atoms with Crippen LogP contribution in [-0.4, -0.2) is 48.9 Å². The molecule has 0 saturated carbocycles. The number of nitriles is 1. The van der Waals surface area contributed by atoms with E-state index in [1.54, 1.807) is 29.2 Å². The number of halogens is 1. The third-order valence-corrected chi connectivity index (χ3v) is 6.21. The standard InChI is InChI=1S/C25H26ClN3O4/c1-19(30)28-15-11-25(12-16-28,20-7-3-2-4-8-20)24(32)33-18-23(31)29(14-6-13-27)22-10-5-9-21(26)17-22/h2-5,7-10,17H,6,11-12,14-16,18H2,1H3. The molecule has 3 rings (SSSR count). The summed E-state index contributed by atoms with van der Waals surface area (Å²) < 4.78 is 5.56. The smallest absolute Gasteiger partial charge is 0.317 e. The summed E-state index contributed by atoms with van der Waals surface area (Å²) in [5.74, 6) is -0.961. The van der Waals surface area contributed by atoms with Gasteiger partial charge in [-0.2, -0.15) is 5.26 Å². The molecule has 172 valence electrons. The number of likely N-dealkylation sites (tertiary alicyclic amines) is 1. The van der Waals surface area contributed by atoms with E-state index in [-0.39, 0.29) is 18.9 Å². The van der Waals surface area contributed by atoms with Gasteiger partial charge in [-0.15, -0.1) is 0 Å². The van der Waals surface area contributed by atoms with Crippen LogP contribution in [0.2, 0.25) is 5.02 Å². The maximum Gasteiger partial charge on any atom is 0.317 e. The molecule has 7 nitrogen and oxygen atoms in total. The molecule has 1 saturated heterocycles. The Hall–Kier alpha value is -3.37. The molecule has 0 unspecified atom stereocenters. The third-order valence-electron chi connectivity index (χ3n) is 5.97. The molecule has 1 heterocycles. The van der Waals surface area contributed by atoms with Crippen molar-refractivity contribution < 1.29 is 19.1 Å². The molecule has 2 aromatic carbocycles. The molecule has 0 N–H and O–H groups in total. The van der Waals surface area contributed by atoms with Crippen LogP contribution in [0, 0.1) is 11.3 Å². The van der Waals surface area contributed by atoms with E-state index in [1.165, 1.54) is 11.8 Å². The molecule has 0 bridgehead atoms. The highest BCUT2D eigenvalue weighted by molar-refractivity contribution is 6.30. The lowest BCUT2D eigenvalue weighted by Crippen LogP contribution is -2.50. The summed E-state index contributed by atoms with van der Waals surface area (Å²) in [6.45, 7) is 2.08. The molecule has 0 aromatic heterocycles. The molecule has 2 amide bonds. The van der Waals surface area contributed by atoms with E-state index in [1.807, 2.05) is 36.4 Å². The van der Waals surface area contributed by atoms with Gasteiger partial charge in [-0.3, -0.25) is 14.4 Å². The zero-order chi connectivity index (χ0) is 23.8. The number of rotatable bonds is 7. The number of piperidine rings is 1. The quantitative estimate of drug-likeness (QED) is 0.579. The van der Waals surface area contributed by atoms with Gasteiger partial charge in [-0.1, -0.05) is 48.0 Å². The monoisotopic (exact) mass is 467 g/mol. The van der Waals surface area contributed by atoms with Crippen molar-refractivity contribution in [2.45, 2.75) is 31.6 Å². The summed E-state index contributed by atoms with van der Waals surface area (Å²) >= 11 is 6.06. The van der Waals surface area contributed by atoms with Gasteiger partial charge in [-0.05, 0) is 36.6 Å². The number of esters is 1. The van der Waals surface area contributed by atoms with E-state index in [9.17, 15) is 14.4 Å². The molecule has 1 fully saturated rings. The fourth-order valence-corrected chi connectivity index (χ4v) is 4.30. The first-order valence-electron chi connectivity index (χ1n) is 10.8. The van der Waals surface area contributed by atoms with Crippen molar-refractivity contribution in [3.05, 3.63) is 65.2 Å². The molecule has 2 aromatic rings. The second-order valence-electron chi connectivity index (χ2n) is 7.96. The Labute approximate surface area is 198 Å². The summed E-state index contributed by atoms with van der Waals surface area (Å²) in [6, 6.07) is 18.1. The number of anilines is 1. The van der Waals surface area contributed by atoms with Crippen molar-refractivity contribution in [3.8, 4) is 6.07 Å². The Kier molecular flexibility index (Phi) is 8.07. The molecule has 0 radical (unpaired) electrons. The topological polar surface area (TPSA) is 90.7 Å². The lowest BCUT2D eigenvalue weighted by Gasteiger charge is -2.40. The molecular formula is C25H26ClN3O4. The normalized spacial score (nSPS) is 14.8. The third kappa shape index (κ3) is 5.71. The van der Waals surface area contributed by atoms with Crippen molar-refractivity contribution >= 4 is 35.1 Å². The van der Waals surface area contributed by atoms with E-state index < -0.39 is 23.9 Å². The van der Waals surface area contributed by atoms with Crippen LogP contribution in [0.15, 0.2) is 54.6 Å².